The number of anilines is 1. The van der Waals surface area contributed by atoms with Crippen molar-refractivity contribution < 1.29 is 27.9 Å². The van der Waals surface area contributed by atoms with Gasteiger partial charge in [0.05, 0.1) is 11.9 Å². The first-order chi connectivity index (χ1) is 11.2. The summed E-state index contributed by atoms with van der Waals surface area (Å²) in [7, 11) is 0. The molecule has 24 heavy (non-hydrogen) atoms. The number of hydrogen-bond acceptors (Lipinski definition) is 3. The standard InChI is InChI=1S/C14H18N2O.C2HF3O2/c17-13(16-11-5-4-8-15-10-11)12-9-14(12)6-2-1-3-7-14;3-2(4,5)1(6)7/h4-5,8,10,12H,1-3,6-7,9H2,(H,16,17);(H,6,7). The Bertz CT molecular complexity index is 584. The van der Waals surface area contributed by atoms with Crippen molar-refractivity contribution in [2.24, 2.45) is 11.3 Å². The number of halogens is 3. The van der Waals surface area contributed by atoms with Crippen LogP contribution < -0.4 is 5.32 Å². The van der Waals surface area contributed by atoms with Crippen LogP contribution >= 0.6 is 0 Å². The summed E-state index contributed by atoms with van der Waals surface area (Å²) in [5.74, 6) is -2.31. The van der Waals surface area contributed by atoms with Crippen molar-refractivity contribution in [3.05, 3.63) is 24.5 Å². The average Bonchev–Trinajstić information content (AvgIpc) is 3.22. The molecular formula is C16H19F3N2O3. The molecule has 1 aromatic heterocycles. The summed E-state index contributed by atoms with van der Waals surface area (Å²) in [6.45, 7) is 0. The Morgan fingerprint density at radius 3 is 2.38 bits per heavy atom. The number of pyridine rings is 1. The van der Waals surface area contributed by atoms with Gasteiger partial charge >= 0.3 is 12.1 Å². The van der Waals surface area contributed by atoms with E-state index in [1.54, 1.807) is 12.4 Å². The van der Waals surface area contributed by atoms with Crippen LogP contribution in [0.1, 0.15) is 38.5 Å². The van der Waals surface area contributed by atoms with E-state index < -0.39 is 12.1 Å². The molecule has 0 radical (unpaired) electrons. The SMILES string of the molecule is O=C(Nc1cccnc1)C1CC12CCCCC2.O=C(O)C(F)(F)F. The smallest absolute Gasteiger partial charge is 0.475 e. The first kappa shape index (κ1) is 18.2. The number of aliphatic carboxylic acids is 1. The lowest BCUT2D eigenvalue weighted by Gasteiger charge is -2.22. The number of nitrogens with one attached hydrogen (secondary N) is 1. The quantitative estimate of drug-likeness (QED) is 0.859. The van der Waals surface area contributed by atoms with E-state index in [-0.39, 0.29) is 11.8 Å². The number of nitrogens with zero attached hydrogens (tertiary/aromatic N) is 1. The van der Waals surface area contributed by atoms with Crippen molar-refractivity contribution >= 4 is 17.6 Å². The maximum Gasteiger partial charge on any atom is 0.490 e. The molecule has 2 aliphatic carbocycles. The fraction of sp³-hybridized carbons (Fsp3) is 0.562. The molecule has 3 rings (SSSR count). The maximum absolute atomic E-state index is 12.1. The molecule has 0 saturated heterocycles. The van der Waals surface area contributed by atoms with Gasteiger partial charge in [-0.3, -0.25) is 9.78 Å². The monoisotopic (exact) mass is 344 g/mol. The molecule has 2 aliphatic rings. The van der Waals surface area contributed by atoms with Gasteiger partial charge in [-0.2, -0.15) is 13.2 Å². The minimum Gasteiger partial charge on any atom is -0.475 e. The number of hydrogen-bond donors (Lipinski definition) is 2. The minimum absolute atomic E-state index is 0.194. The van der Waals surface area contributed by atoms with Gasteiger partial charge in [-0.05, 0) is 36.8 Å². The highest BCUT2D eigenvalue weighted by Crippen LogP contribution is 2.61. The lowest BCUT2D eigenvalue weighted by atomic mass is 9.84. The van der Waals surface area contributed by atoms with E-state index in [9.17, 15) is 18.0 Å². The Kier molecular flexibility index (Phi) is 5.46. The topological polar surface area (TPSA) is 79.3 Å². The number of carbonyl (C=O) groups excluding carboxylic acids is 1. The molecule has 2 saturated carbocycles. The van der Waals surface area contributed by atoms with Gasteiger partial charge in [-0.1, -0.05) is 19.3 Å². The van der Waals surface area contributed by atoms with Crippen LogP contribution in [0.5, 0.6) is 0 Å². The molecule has 1 heterocycles. The molecule has 1 atom stereocenters. The van der Waals surface area contributed by atoms with E-state index in [1.807, 2.05) is 12.1 Å². The van der Waals surface area contributed by atoms with E-state index in [1.165, 1.54) is 32.1 Å². The van der Waals surface area contributed by atoms with Gasteiger partial charge in [0.15, 0.2) is 0 Å². The van der Waals surface area contributed by atoms with E-state index in [4.69, 9.17) is 9.90 Å². The van der Waals surface area contributed by atoms with Gasteiger partial charge < -0.3 is 10.4 Å². The molecule has 0 aromatic carbocycles. The van der Waals surface area contributed by atoms with Crippen molar-refractivity contribution in [1.29, 1.82) is 0 Å². The molecule has 1 aromatic rings. The van der Waals surface area contributed by atoms with E-state index in [0.717, 1.165) is 12.1 Å². The lowest BCUT2D eigenvalue weighted by molar-refractivity contribution is -0.192. The first-order valence-electron chi connectivity index (χ1n) is 7.76. The number of rotatable bonds is 2. The van der Waals surface area contributed by atoms with Gasteiger partial charge in [0.25, 0.3) is 0 Å². The predicted molar refractivity (Wildman–Crippen MR) is 80.2 cm³/mol. The van der Waals surface area contributed by atoms with E-state index in [0.29, 0.717) is 5.41 Å². The van der Waals surface area contributed by atoms with E-state index >= 15 is 0 Å². The van der Waals surface area contributed by atoms with Gasteiger partial charge in [0, 0.05) is 12.1 Å². The van der Waals surface area contributed by atoms with E-state index in [2.05, 4.69) is 10.3 Å². The normalized spacial score (nSPS) is 21.4. The third-order valence-electron chi connectivity index (χ3n) is 4.53. The van der Waals surface area contributed by atoms with Crippen LogP contribution in [0.2, 0.25) is 0 Å². The Morgan fingerprint density at radius 2 is 1.88 bits per heavy atom. The van der Waals surface area contributed by atoms with Crippen LogP contribution in [0.4, 0.5) is 18.9 Å². The number of carboxylic acid groups (broad SMARTS) is 1. The van der Waals surface area contributed by atoms with Gasteiger partial charge in [0.2, 0.25) is 5.91 Å². The minimum atomic E-state index is -5.08. The molecule has 1 unspecified atom stereocenters. The van der Waals surface area contributed by atoms with Crippen LogP contribution in [0.15, 0.2) is 24.5 Å². The van der Waals surface area contributed by atoms with Crippen molar-refractivity contribution in [2.45, 2.75) is 44.7 Å². The predicted octanol–water partition coefficient (Wildman–Crippen LogP) is 3.62. The number of aromatic nitrogens is 1. The second kappa shape index (κ2) is 7.19. The highest BCUT2D eigenvalue weighted by atomic mass is 19.4. The third kappa shape index (κ3) is 4.69. The molecule has 2 fully saturated rings. The fourth-order valence-electron chi connectivity index (χ4n) is 3.19. The second-order valence-electron chi connectivity index (χ2n) is 6.21. The third-order valence-corrected chi connectivity index (χ3v) is 4.53. The van der Waals surface area contributed by atoms with Crippen LogP contribution in [0, 0.1) is 11.3 Å². The molecule has 1 spiro atoms. The summed E-state index contributed by atoms with van der Waals surface area (Å²) in [6, 6.07) is 3.74. The van der Waals surface area contributed by atoms with Crippen molar-refractivity contribution in [2.75, 3.05) is 5.32 Å². The van der Waals surface area contributed by atoms with Crippen LogP contribution in [-0.4, -0.2) is 28.1 Å². The Hall–Kier alpha value is -2.12. The molecule has 132 valence electrons. The summed E-state index contributed by atoms with van der Waals surface area (Å²) < 4.78 is 31.7. The number of amides is 1. The molecule has 1 amide bonds. The Balaban J connectivity index is 0.000000256. The number of carbonyl (C=O) groups is 2. The molecule has 0 bridgehead atoms. The van der Waals surface area contributed by atoms with Crippen LogP contribution in [0.25, 0.3) is 0 Å². The van der Waals surface area contributed by atoms with Crippen LogP contribution in [-0.2, 0) is 9.59 Å². The fourth-order valence-corrected chi connectivity index (χ4v) is 3.19. The van der Waals surface area contributed by atoms with Crippen molar-refractivity contribution in [3.8, 4) is 0 Å². The van der Waals surface area contributed by atoms with Crippen molar-refractivity contribution in [1.82, 2.24) is 4.98 Å². The number of carboxylic acids is 1. The van der Waals surface area contributed by atoms with Gasteiger partial charge in [-0.25, -0.2) is 4.79 Å². The summed E-state index contributed by atoms with van der Waals surface area (Å²) in [6.07, 6.45) is 5.88. The second-order valence-corrected chi connectivity index (χ2v) is 6.21. The highest BCUT2D eigenvalue weighted by Gasteiger charge is 2.57. The lowest BCUT2D eigenvalue weighted by Crippen LogP contribution is -2.21. The summed E-state index contributed by atoms with van der Waals surface area (Å²) in [5, 5.41) is 10.1. The summed E-state index contributed by atoms with van der Waals surface area (Å²) in [4.78, 5) is 25.0. The van der Waals surface area contributed by atoms with Gasteiger partial charge in [-0.15, -0.1) is 0 Å². The molecule has 8 heteroatoms. The number of alkyl halides is 3. The highest BCUT2D eigenvalue weighted by molar-refractivity contribution is 5.94. The average molecular weight is 344 g/mol. The zero-order valence-corrected chi connectivity index (χ0v) is 13.0. The summed E-state index contributed by atoms with van der Waals surface area (Å²) >= 11 is 0. The Labute approximate surface area is 137 Å². The molecule has 5 nitrogen and oxygen atoms in total. The zero-order valence-electron chi connectivity index (χ0n) is 13.0. The molecular weight excluding hydrogens is 325 g/mol. The van der Waals surface area contributed by atoms with Crippen molar-refractivity contribution in [3.63, 3.8) is 0 Å². The maximum atomic E-state index is 12.1. The Morgan fingerprint density at radius 1 is 1.25 bits per heavy atom. The van der Waals surface area contributed by atoms with Crippen LogP contribution in [0.3, 0.4) is 0 Å². The largest absolute Gasteiger partial charge is 0.490 e. The summed E-state index contributed by atoms with van der Waals surface area (Å²) in [5.41, 5.74) is 1.18. The van der Waals surface area contributed by atoms with Gasteiger partial charge in [0.1, 0.15) is 0 Å². The first-order valence-corrected chi connectivity index (χ1v) is 7.76. The zero-order chi connectivity index (χ0) is 17.8. The molecule has 0 aliphatic heterocycles. The molecule has 2 N–H and O–H groups in total.